The van der Waals surface area contributed by atoms with E-state index in [2.05, 4.69) is 10.2 Å². The van der Waals surface area contributed by atoms with Crippen LogP contribution in [0.5, 0.6) is 0 Å². The van der Waals surface area contributed by atoms with Crippen molar-refractivity contribution in [2.24, 2.45) is 11.8 Å². The van der Waals surface area contributed by atoms with Crippen LogP contribution in [0.2, 0.25) is 10.0 Å². The molecule has 3 aromatic rings. The van der Waals surface area contributed by atoms with Crippen LogP contribution in [0.3, 0.4) is 0 Å². The molecule has 3 aliphatic heterocycles. The highest BCUT2D eigenvalue weighted by Crippen LogP contribution is 2.62. The molecule has 7 rings (SSSR count). The lowest BCUT2D eigenvalue weighted by molar-refractivity contribution is -0.128. The van der Waals surface area contributed by atoms with Gasteiger partial charge in [0.05, 0.1) is 16.5 Å². The van der Waals surface area contributed by atoms with Gasteiger partial charge in [0.2, 0.25) is 11.8 Å². The SMILES string of the molecule is Cc1cc(N2C[C@H]3[C@@H](C2=O)[C@H](c2cccc(Cl)c2F)[C@]2(C(=O)Nc4cc(Cl)ccc42)N3CC2CC2)ccc1C(=O)O. The first-order valence-electron chi connectivity index (χ1n) is 13.6. The first-order chi connectivity index (χ1) is 19.6. The van der Waals surface area contributed by atoms with E-state index < -0.39 is 35.2 Å². The van der Waals surface area contributed by atoms with Crippen LogP contribution in [-0.4, -0.2) is 46.9 Å². The molecular formula is C31H26Cl2FN3O4. The first kappa shape index (κ1) is 26.4. The molecule has 1 aliphatic carbocycles. The number of aryl methyl sites for hydroxylation is 1. The van der Waals surface area contributed by atoms with E-state index in [0.717, 1.165) is 12.8 Å². The molecule has 1 saturated carbocycles. The molecule has 0 aromatic heterocycles. The summed E-state index contributed by atoms with van der Waals surface area (Å²) in [6.45, 7) is 2.55. The smallest absolute Gasteiger partial charge is 0.335 e. The maximum atomic E-state index is 16.0. The van der Waals surface area contributed by atoms with Gasteiger partial charge in [0.25, 0.3) is 0 Å². The van der Waals surface area contributed by atoms with Crippen molar-refractivity contribution in [1.29, 1.82) is 0 Å². The summed E-state index contributed by atoms with van der Waals surface area (Å²) in [5.41, 5.74) is 1.37. The fourth-order valence-corrected chi connectivity index (χ4v) is 7.66. The number of nitrogens with one attached hydrogen (secondary N) is 1. The van der Waals surface area contributed by atoms with E-state index in [1.165, 1.54) is 12.1 Å². The molecule has 3 fully saturated rings. The number of anilines is 2. The monoisotopic (exact) mass is 593 g/mol. The zero-order valence-electron chi connectivity index (χ0n) is 22.0. The van der Waals surface area contributed by atoms with Gasteiger partial charge in [0, 0.05) is 47.0 Å². The third-order valence-electron chi connectivity index (χ3n) is 9.20. The predicted molar refractivity (Wildman–Crippen MR) is 153 cm³/mol. The Hall–Kier alpha value is -3.46. The Kier molecular flexibility index (Phi) is 5.98. The Bertz CT molecular complexity index is 1660. The van der Waals surface area contributed by atoms with Crippen LogP contribution in [-0.2, 0) is 15.1 Å². The number of carboxylic acids is 1. The summed E-state index contributed by atoms with van der Waals surface area (Å²) < 4.78 is 16.0. The van der Waals surface area contributed by atoms with Gasteiger partial charge in [0.15, 0.2) is 0 Å². The van der Waals surface area contributed by atoms with Crippen LogP contribution in [0.15, 0.2) is 54.6 Å². The molecule has 2 amide bonds. The molecule has 4 aliphatic rings. The zero-order chi connectivity index (χ0) is 28.8. The quantitative estimate of drug-likeness (QED) is 0.388. The topological polar surface area (TPSA) is 90.0 Å². The number of likely N-dealkylation sites (tertiary alicyclic amines) is 1. The molecule has 0 bridgehead atoms. The maximum Gasteiger partial charge on any atom is 0.335 e. The van der Waals surface area contributed by atoms with Crippen LogP contribution < -0.4 is 10.2 Å². The largest absolute Gasteiger partial charge is 0.478 e. The summed E-state index contributed by atoms with van der Waals surface area (Å²) in [5, 5.41) is 12.9. The molecule has 0 unspecified atom stereocenters. The summed E-state index contributed by atoms with van der Waals surface area (Å²) in [5.74, 6) is -3.50. The van der Waals surface area contributed by atoms with E-state index in [1.807, 2.05) is 6.07 Å². The third-order valence-corrected chi connectivity index (χ3v) is 9.73. The molecule has 1 spiro atoms. The van der Waals surface area contributed by atoms with Crippen molar-refractivity contribution in [2.75, 3.05) is 23.3 Å². The maximum absolute atomic E-state index is 16.0. The number of carbonyl (C=O) groups is 3. The lowest BCUT2D eigenvalue weighted by Crippen LogP contribution is -2.54. The van der Waals surface area contributed by atoms with Crippen molar-refractivity contribution >= 4 is 52.4 Å². The van der Waals surface area contributed by atoms with E-state index in [1.54, 1.807) is 48.2 Å². The number of amides is 2. The molecule has 7 nitrogen and oxygen atoms in total. The minimum atomic E-state index is -1.34. The third kappa shape index (κ3) is 3.77. The molecule has 0 radical (unpaired) electrons. The Balaban J connectivity index is 1.43. The van der Waals surface area contributed by atoms with E-state index >= 15 is 4.39 Å². The van der Waals surface area contributed by atoms with Crippen LogP contribution in [0, 0.1) is 24.6 Å². The fraction of sp³-hybridized carbons (Fsp3) is 0.323. The van der Waals surface area contributed by atoms with E-state index in [-0.39, 0.29) is 34.5 Å². The van der Waals surface area contributed by atoms with Crippen LogP contribution in [0.25, 0.3) is 0 Å². The number of hydrogen-bond acceptors (Lipinski definition) is 4. The molecule has 2 saturated heterocycles. The van der Waals surface area contributed by atoms with Gasteiger partial charge in [-0.3, -0.25) is 14.5 Å². The van der Waals surface area contributed by atoms with Crippen molar-refractivity contribution in [2.45, 2.75) is 37.3 Å². The van der Waals surface area contributed by atoms with Crippen molar-refractivity contribution in [3.8, 4) is 0 Å². The molecule has 4 atom stereocenters. The minimum absolute atomic E-state index is 0.0771. The number of benzene rings is 3. The normalized spacial score (nSPS) is 26.9. The van der Waals surface area contributed by atoms with Crippen molar-refractivity contribution < 1.29 is 23.9 Å². The van der Waals surface area contributed by atoms with Gasteiger partial charge in [-0.25, -0.2) is 9.18 Å². The Morgan fingerprint density at radius 1 is 1.12 bits per heavy atom. The van der Waals surface area contributed by atoms with Crippen molar-refractivity contribution in [1.82, 2.24) is 4.90 Å². The van der Waals surface area contributed by atoms with E-state index in [9.17, 15) is 19.5 Å². The Labute approximate surface area is 245 Å². The van der Waals surface area contributed by atoms with E-state index in [0.29, 0.717) is 40.0 Å². The highest BCUT2D eigenvalue weighted by molar-refractivity contribution is 6.31. The minimum Gasteiger partial charge on any atom is -0.478 e. The number of carboxylic acid groups (broad SMARTS) is 1. The van der Waals surface area contributed by atoms with Crippen molar-refractivity contribution in [3.63, 3.8) is 0 Å². The van der Waals surface area contributed by atoms with Gasteiger partial charge >= 0.3 is 5.97 Å². The second kappa shape index (κ2) is 9.28. The number of rotatable bonds is 5. The average Bonchev–Trinajstić information content (AvgIpc) is 3.55. The molecular weight excluding hydrogens is 568 g/mol. The predicted octanol–water partition coefficient (Wildman–Crippen LogP) is 5.83. The number of aromatic carboxylic acids is 1. The number of fused-ring (bicyclic) bond motifs is 3. The number of halogens is 3. The van der Waals surface area contributed by atoms with Gasteiger partial charge in [0.1, 0.15) is 11.4 Å². The average molecular weight is 594 g/mol. The second-order valence-electron chi connectivity index (χ2n) is 11.5. The number of nitrogens with zero attached hydrogens (tertiary/aromatic N) is 2. The molecule has 41 heavy (non-hydrogen) atoms. The zero-order valence-corrected chi connectivity index (χ0v) is 23.5. The number of hydrogen-bond donors (Lipinski definition) is 2. The summed E-state index contributed by atoms with van der Waals surface area (Å²) in [6.07, 6.45) is 2.03. The van der Waals surface area contributed by atoms with Gasteiger partial charge in [-0.15, -0.1) is 0 Å². The van der Waals surface area contributed by atoms with Gasteiger partial charge in [-0.1, -0.05) is 41.4 Å². The van der Waals surface area contributed by atoms with Crippen LogP contribution in [0.1, 0.15) is 45.8 Å². The van der Waals surface area contributed by atoms with Crippen molar-refractivity contribution in [3.05, 3.63) is 92.7 Å². The summed E-state index contributed by atoms with van der Waals surface area (Å²) >= 11 is 12.6. The summed E-state index contributed by atoms with van der Waals surface area (Å²) in [7, 11) is 0. The highest BCUT2D eigenvalue weighted by atomic mass is 35.5. The van der Waals surface area contributed by atoms with Crippen LogP contribution >= 0.6 is 23.2 Å². The van der Waals surface area contributed by atoms with E-state index in [4.69, 9.17) is 23.2 Å². The molecule has 210 valence electrons. The second-order valence-corrected chi connectivity index (χ2v) is 12.3. The molecule has 3 heterocycles. The van der Waals surface area contributed by atoms with Gasteiger partial charge < -0.3 is 15.3 Å². The lowest BCUT2D eigenvalue weighted by Gasteiger charge is -2.41. The molecule has 3 aromatic carbocycles. The Morgan fingerprint density at radius 3 is 2.61 bits per heavy atom. The number of carbonyl (C=O) groups excluding carboxylic acids is 2. The highest BCUT2D eigenvalue weighted by Gasteiger charge is 2.71. The summed E-state index contributed by atoms with van der Waals surface area (Å²) in [4.78, 5) is 44.1. The summed E-state index contributed by atoms with van der Waals surface area (Å²) in [6, 6.07) is 14.4. The molecule has 2 N–H and O–H groups in total. The van der Waals surface area contributed by atoms with Crippen LogP contribution in [0.4, 0.5) is 15.8 Å². The lowest BCUT2D eigenvalue weighted by atomic mass is 9.71. The first-order valence-corrected chi connectivity index (χ1v) is 14.4. The Morgan fingerprint density at radius 2 is 1.90 bits per heavy atom. The molecule has 10 heteroatoms. The van der Waals surface area contributed by atoms with Gasteiger partial charge in [-0.2, -0.15) is 0 Å². The standard InChI is InChI=1S/C31H26Cl2FN3O4/c1-15-11-18(8-9-19(15)29(39)40)36-14-24-25(28(36)38)26(20-3-2-4-22(33)27(20)34)31(37(24)13-16-5-6-16)21-10-7-17(32)12-23(21)35-30(31)41/h2-4,7-12,16,24-26H,5-6,13-14H2,1H3,(H,35,41)(H,39,40)/t24-,25+,26-,31+/m0/s1. The van der Waals surface area contributed by atoms with Gasteiger partial charge in [-0.05, 0) is 73.2 Å². The fourth-order valence-electron chi connectivity index (χ4n) is 7.30.